The van der Waals surface area contributed by atoms with Gasteiger partial charge in [-0.3, -0.25) is 4.79 Å². The maximum absolute atomic E-state index is 11.7. The molecule has 3 aliphatic rings. The van der Waals surface area contributed by atoms with Gasteiger partial charge in [0.15, 0.2) is 0 Å². The molecule has 1 aliphatic heterocycles. The largest absolute Gasteiger partial charge is 0.465 e. The molecule has 0 bridgehead atoms. The van der Waals surface area contributed by atoms with E-state index in [-0.39, 0.29) is 11.9 Å². The van der Waals surface area contributed by atoms with Crippen LogP contribution in [0.15, 0.2) is 23.3 Å². The molecule has 3 atom stereocenters. The molecule has 3 rings (SSSR count). The van der Waals surface area contributed by atoms with Crippen molar-refractivity contribution in [2.75, 3.05) is 6.61 Å². The van der Waals surface area contributed by atoms with E-state index in [0.717, 1.165) is 19.3 Å². The number of cyclic esters (lactones) is 1. The van der Waals surface area contributed by atoms with Crippen molar-refractivity contribution in [3.8, 4) is 0 Å². The Morgan fingerprint density at radius 1 is 1.40 bits per heavy atom. The van der Waals surface area contributed by atoms with Crippen molar-refractivity contribution < 1.29 is 9.53 Å². The lowest BCUT2D eigenvalue weighted by atomic mass is 9.65. The first kappa shape index (κ1) is 9.20. The lowest BCUT2D eigenvalue weighted by Gasteiger charge is -2.43. The Balaban J connectivity index is 2.04. The number of rotatable bonds is 0. The topological polar surface area (TPSA) is 26.3 Å². The van der Waals surface area contributed by atoms with Crippen LogP contribution in [0.1, 0.15) is 26.2 Å². The van der Waals surface area contributed by atoms with Gasteiger partial charge in [0.25, 0.3) is 0 Å². The Kier molecular flexibility index (Phi) is 1.98. The minimum Gasteiger partial charge on any atom is -0.465 e. The van der Waals surface area contributed by atoms with Gasteiger partial charge in [-0.2, -0.15) is 0 Å². The molecule has 1 fully saturated rings. The molecule has 0 amide bonds. The summed E-state index contributed by atoms with van der Waals surface area (Å²) in [4.78, 5) is 11.7. The van der Waals surface area contributed by atoms with Gasteiger partial charge in [-0.15, -0.1) is 0 Å². The molecule has 2 aliphatic carbocycles. The third-order valence-corrected chi connectivity index (χ3v) is 4.07. The van der Waals surface area contributed by atoms with Crippen LogP contribution in [0.4, 0.5) is 0 Å². The van der Waals surface area contributed by atoms with E-state index in [4.69, 9.17) is 4.74 Å². The van der Waals surface area contributed by atoms with E-state index in [1.807, 2.05) is 0 Å². The van der Waals surface area contributed by atoms with Gasteiger partial charge in [-0.25, -0.2) is 0 Å². The summed E-state index contributed by atoms with van der Waals surface area (Å²) in [7, 11) is 0. The van der Waals surface area contributed by atoms with Gasteiger partial charge in [0.2, 0.25) is 0 Å². The highest BCUT2D eigenvalue weighted by Crippen LogP contribution is 2.46. The molecule has 15 heavy (non-hydrogen) atoms. The Morgan fingerprint density at radius 2 is 2.27 bits per heavy atom. The van der Waals surface area contributed by atoms with Gasteiger partial charge in [0.1, 0.15) is 0 Å². The van der Waals surface area contributed by atoms with Crippen LogP contribution >= 0.6 is 0 Å². The fourth-order valence-corrected chi connectivity index (χ4v) is 3.28. The van der Waals surface area contributed by atoms with Crippen LogP contribution in [0, 0.1) is 17.8 Å². The summed E-state index contributed by atoms with van der Waals surface area (Å²) in [5.41, 5.74) is 2.81. The van der Waals surface area contributed by atoms with Crippen LogP contribution in [-0.2, 0) is 9.53 Å². The first-order chi connectivity index (χ1) is 7.27. The molecule has 0 spiro atoms. The van der Waals surface area contributed by atoms with Crippen molar-refractivity contribution in [1.82, 2.24) is 0 Å². The summed E-state index contributed by atoms with van der Waals surface area (Å²) in [5.74, 6) is 1.19. The normalized spacial score (nSPS) is 38.7. The summed E-state index contributed by atoms with van der Waals surface area (Å²) in [6.45, 7) is 2.80. The summed E-state index contributed by atoms with van der Waals surface area (Å²) in [6, 6.07) is 0. The Morgan fingerprint density at radius 3 is 3.13 bits per heavy atom. The molecule has 0 aromatic rings. The third-order valence-electron chi connectivity index (χ3n) is 4.07. The second kappa shape index (κ2) is 3.22. The van der Waals surface area contributed by atoms with Gasteiger partial charge in [0, 0.05) is 11.8 Å². The SMILES string of the molecule is CC1=CC[C@H]2COC(=O)[C@@H]3CCC=C1[C@@H]23. The molecule has 1 heterocycles. The number of esters is 1. The Bertz CT molecular complexity index is 365. The maximum atomic E-state index is 11.7. The average molecular weight is 204 g/mol. The smallest absolute Gasteiger partial charge is 0.309 e. The first-order valence-electron chi connectivity index (χ1n) is 5.81. The molecule has 0 saturated carbocycles. The van der Waals surface area contributed by atoms with Crippen LogP contribution in [0.5, 0.6) is 0 Å². The standard InChI is InChI=1S/C13H16O2/c1-8-5-6-9-7-15-13(14)11-4-2-3-10(8)12(9)11/h3,5,9,11-12H,2,4,6-7H2,1H3/t9-,11+,12+/m0/s1. The second-order valence-corrected chi connectivity index (χ2v) is 4.88. The van der Waals surface area contributed by atoms with Gasteiger partial charge < -0.3 is 4.74 Å². The zero-order valence-corrected chi connectivity index (χ0v) is 9.03. The van der Waals surface area contributed by atoms with Crippen molar-refractivity contribution in [2.45, 2.75) is 26.2 Å². The first-order valence-corrected chi connectivity index (χ1v) is 5.81. The van der Waals surface area contributed by atoms with E-state index >= 15 is 0 Å². The van der Waals surface area contributed by atoms with E-state index in [1.54, 1.807) is 0 Å². The molecule has 2 nitrogen and oxygen atoms in total. The van der Waals surface area contributed by atoms with E-state index in [2.05, 4.69) is 19.1 Å². The zero-order valence-electron chi connectivity index (χ0n) is 9.03. The summed E-state index contributed by atoms with van der Waals surface area (Å²) in [5, 5.41) is 0. The fourth-order valence-electron chi connectivity index (χ4n) is 3.28. The van der Waals surface area contributed by atoms with Crippen molar-refractivity contribution in [1.29, 1.82) is 0 Å². The van der Waals surface area contributed by atoms with E-state index < -0.39 is 0 Å². The minimum absolute atomic E-state index is 0.0385. The molecule has 0 radical (unpaired) electrons. The number of carbonyl (C=O) groups excluding carboxylic acids is 1. The van der Waals surface area contributed by atoms with E-state index in [9.17, 15) is 4.79 Å². The van der Waals surface area contributed by atoms with Crippen LogP contribution in [0.3, 0.4) is 0 Å². The number of ether oxygens (including phenoxy) is 1. The Hall–Kier alpha value is -1.05. The maximum Gasteiger partial charge on any atom is 0.309 e. The van der Waals surface area contributed by atoms with Crippen molar-refractivity contribution in [3.63, 3.8) is 0 Å². The highest BCUT2D eigenvalue weighted by Gasteiger charge is 2.44. The quantitative estimate of drug-likeness (QED) is 0.566. The number of hydrogen-bond donors (Lipinski definition) is 0. The summed E-state index contributed by atoms with van der Waals surface area (Å²) in [6.07, 6.45) is 7.73. The van der Waals surface area contributed by atoms with Gasteiger partial charge >= 0.3 is 5.97 Å². The third kappa shape index (κ3) is 1.27. The molecule has 0 aromatic heterocycles. The monoisotopic (exact) mass is 204 g/mol. The highest BCUT2D eigenvalue weighted by molar-refractivity contribution is 5.75. The number of allylic oxidation sites excluding steroid dienone is 4. The zero-order chi connectivity index (χ0) is 10.4. The summed E-state index contributed by atoms with van der Waals surface area (Å²) >= 11 is 0. The Labute approximate surface area is 90.0 Å². The van der Waals surface area contributed by atoms with E-state index in [0.29, 0.717) is 18.4 Å². The molecular formula is C13H16O2. The van der Waals surface area contributed by atoms with Crippen molar-refractivity contribution in [3.05, 3.63) is 23.3 Å². The molecule has 0 aromatic carbocycles. The molecule has 2 heteroatoms. The second-order valence-electron chi connectivity index (χ2n) is 4.88. The van der Waals surface area contributed by atoms with Gasteiger partial charge in [-0.05, 0) is 31.8 Å². The van der Waals surface area contributed by atoms with Crippen molar-refractivity contribution >= 4 is 5.97 Å². The minimum atomic E-state index is 0.0385. The molecule has 0 N–H and O–H groups in total. The molecule has 1 saturated heterocycles. The molecular weight excluding hydrogens is 188 g/mol. The molecule has 0 unspecified atom stereocenters. The molecule has 80 valence electrons. The van der Waals surface area contributed by atoms with Crippen LogP contribution in [0.25, 0.3) is 0 Å². The fraction of sp³-hybridized carbons (Fsp3) is 0.615. The number of carbonyl (C=O) groups is 1. The van der Waals surface area contributed by atoms with Crippen LogP contribution in [-0.4, -0.2) is 12.6 Å². The van der Waals surface area contributed by atoms with E-state index in [1.165, 1.54) is 11.1 Å². The highest BCUT2D eigenvalue weighted by atomic mass is 16.5. The summed E-state index contributed by atoms with van der Waals surface area (Å²) < 4.78 is 5.27. The lowest BCUT2D eigenvalue weighted by Crippen LogP contribution is -2.43. The van der Waals surface area contributed by atoms with Gasteiger partial charge in [-0.1, -0.05) is 17.7 Å². The number of hydrogen-bond acceptors (Lipinski definition) is 2. The average Bonchev–Trinajstić information content (AvgIpc) is 2.27. The van der Waals surface area contributed by atoms with Crippen LogP contribution < -0.4 is 0 Å². The predicted octanol–water partition coefficient (Wildman–Crippen LogP) is 2.46. The predicted molar refractivity (Wildman–Crippen MR) is 57.1 cm³/mol. The van der Waals surface area contributed by atoms with Crippen LogP contribution in [0.2, 0.25) is 0 Å². The van der Waals surface area contributed by atoms with Crippen molar-refractivity contribution in [2.24, 2.45) is 17.8 Å². The lowest BCUT2D eigenvalue weighted by molar-refractivity contribution is -0.160. The van der Waals surface area contributed by atoms with Gasteiger partial charge in [0.05, 0.1) is 12.5 Å².